The van der Waals surface area contributed by atoms with Gasteiger partial charge in [-0.3, -0.25) is 4.72 Å². The first kappa shape index (κ1) is 14.7. The van der Waals surface area contributed by atoms with Gasteiger partial charge >= 0.3 is 12.2 Å². The summed E-state index contributed by atoms with van der Waals surface area (Å²) in [4.78, 5) is 0. The Bertz CT molecular complexity index is 632. The van der Waals surface area contributed by atoms with Gasteiger partial charge in [-0.2, -0.15) is 17.6 Å². The van der Waals surface area contributed by atoms with E-state index in [1.165, 1.54) is 6.92 Å². The Balaban J connectivity index is 2.35. The maximum atomic E-state index is 13.0. The minimum atomic E-state index is -4.84. The summed E-state index contributed by atoms with van der Waals surface area (Å²) in [6, 6.07) is 2.84. The van der Waals surface area contributed by atoms with Gasteiger partial charge in [0, 0.05) is 6.07 Å². The highest BCUT2D eigenvalue weighted by Gasteiger charge is 2.65. The molecule has 1 aliphatic rings. The van der Waals surface area contributed by atoms with E-state index in [-0.39, 0.29) is 11.4 Å². The molecular weight excluding hydrogens is 306 g/mol. The van der Waals surface area contributed by atoms with Gasteiger partial charge in [0.2, 0.25) is 10.0 Å². The van der Waals surface area contributed by atoms with E-state index in [9.17, 15) is 26.0 Å². The van der Waals surface area contributed by atoms with Crippen LogP contribution in [-0.2, 0) is 10.0 Å². The van der Waals surface area contributed by atoms with Crippen LogP contribution in [0.4, 0.5) is 23.2 Å². The molecule has 0 saturated carbocycles. The fourth-order valence-electron chi connectivity index (χ4n) is 1.38. The Labute approximate surface area is 111 Å². The number of hydrogen-bond donors (Lipinski definition) is 1. The lowest BCUT2D eigenvalue weighted by Crippen LogP contribution is -2.52. The Morgan fingerprint density at radius 2 is 1.65 bits per heavy atom. The monoisotopic (exact) mass is 315 g/mol. The molecule has 2 rings (SSSR count). The SMILES string of the molecule is CCS(=O)(=O)Nc1ccc2c(c1)OC(F)(F)C(F)(F)O2. The molecule has 1 heterocycles. The van der Waals surface area contributed by atoms with Crippen LogP contribution in [0.15, 0.2) is 18.2 Å². The van der Waals surface area contributed by atoms with Crippen molar-refractivity contribution < 1.29 is 35.5 Å². The Kier molecular flexibility index (Phi) is 3.23. The summed E-state index contributed by atoms with van der Waals surface area (Å²) >= 11 is 0. The lowest BCUT2D eigenvalue weighted by atomic mass is 10.2. The minimum absolute atomic E-state index is 0.102. The van der Waals surface area contributed by atoms with E-state index in [0.29, 0.717) is 0 Å². The second-order valence-electron chi connectivity index (χ2n) is 3.90. The van der Waals surface area contributed by atoms with Gasteiger partial charge in [-0.25, -0.2) is 8.42 Å². The quantitative estimate of drug-likeness (QED) is 0.870. The van der Waals surface area contributed by atoms with E-state index in [2.05, 4.69) is 14.2 Å². The van der Waals surface area contributed by atoms with E-state index in [0.717, 1.165) is 18.2 Å². The number of alkyl halides is 4. The van der Waals surface area contributed by atoms with Crippen LogP contribution in [0, 0.1) is 0 Å². The molecule has 5 nitrogen and oxygen atoms in total. The summed E-state index contributed by atoms with van der Waals surface area (Å²) in [6.45, 7) is 1.37. The van der Waals surface area contributed by atoms with Gasteiger partial charge in [-0.15, -0.1) is 0 Å². The van der Waals surface area contributed by atoms with Crippen molar-refractivity contribution >= 4 is 15.7 Å². The number of fused-ring (bicyclic) bond motifs is 1. The lowest BCUT2D eigenvalue weighted by Gasteiger charge is -2.31. The zero-order valence-electron chi connectivity index (χ0n) is 9.99. The standard InChI is InChI=1S/C10H9F4NO4S/c1-2-20(16,17)15-6-3-4-7-8(5-6)19-10(13,14)9(11,12)18-7/h3-5,15H,2H2,1H3. The average molecular weight is 315 g/mol. The average Bonchev–Trinajstić information content (AvgIpc) is 2.30. The van der Waals surface area contributed by atoms with Gasteiger partial charge < -0.3 is 9.47 Å². The molecule has 1 aromatic carbocycles. The fourth-order valence-corrected chi connectivity index (χ4v) is 2.01. The van der Waals surface area contributed by atoms with Gasteiger partial charge in [-0.05, 0) is 19.1 Å². The number of anilines is 1. The predicted molar refractivity (Wildman–Crippen MR) is 60.7 cm³/mol. The van der Waals surface area contributed by atoms with Crippen molar-refractivity contribution in [3.63, 3.8) is 0 Å². The molecule has 0 aromatic heterocycles. The summed E-state index contributed by atoms with van der Waals surface area (Å²) in [5.74, 6) is -1.53. The Morgan fingerprint density at radius 3 is 2.20 bits per heavy atom. The second-order valence-corrected chi connectivity index (χ2v) is 5.92. The first-order chi connectivity index (χ1) is 9.06. The second kappa shape index (κ2) is 4.40. The fraction of sp³-hybridized carbons (Fsp3) is 0.400. The number of hydrogen-bond acceptors (Lipinski definition) is 4. The predicted octanol–water partition coefficient (Wildman–Crippen LogP) is 2.41. The number of sulfonamides is 1. The molecule has 1 aliphatic heterocycles. The van der Waals surface area contributed by atoms with Gasteiger partial charge in [0.15, 0.2) is 11.5 Å². The molecule has 0 atom stereocenters. The van der Waals surface area contributed by atoms with Gasteiger partial charge in [0.1, 0.15) is 0 Å². The zero-order chi connectivity index (χ0) is 15.2. The molecule has 0 radical (unpaired) electrons. The van der Waals surface area contributed by atoms with Crippen LogP contribution in [0.1, 0.15) is 6.92 Å². The molecule has 0 bridgehead atoms. The molecule has 0 unspecified atom stereocenters. The highest BCUT2D eigenvalue weighted by molar-refractivity contribution is 7.92. The van der Waals surface area contributed by atoms with Crippen molar-refractivity contribution in [1.29, 1.82) is 0 Å². The molecule has 0 amide bonds. The topological polar surface area (TPSA) is 64.6 Å². The molecule has 112 valence electrons. The molecule has 0 saturated heterocycles. The highest BCUT2D eigenvalue weighted by Crippen LogP contribution is 2.47. The van der Waals surface area contributed by atoms with E-state index in [1.54, 1.807) is 0 Å². The lowest BCUT2D eigenvalue weighted by molar-refractivity contribution is -0.391. The molecule has 1 N–H and O–H groups in total. The molecular formula is C10H9F4NO4S. The Morgan fingerprint density at radius 1 is 1.10 bits per heavy atom. The number of nitrogens with one attached hydrogen (secondary N) is 1. The van der Waals surface area contributed by atoms with Crippen LogP contribution >= 0.6 is 0 Å². The van der Waals surface area contributed by atoms with Gasteiger partial charge in [0.25, 0.3) is 0 Å². The van der Waals surface area contributed by atoms with E-state index >= 15 is 0 Å². The zero-order valence-corrected chi connectivity index (χ0v) is 10.8. The van der Waals surface area contributed by atoms with Gasteiger partial charge in [0.05, 0.1) is 11.4 Å². The van der Waals surface area contributed by atoms with Crippen LogP contribution in [0.2, 0.25) is 0 Å². The number of ether oxygens (including phenoxy) is 2. The number of rotatable bonds is 3. The third-order valence-corrected chi connectivity index (χ3v) is 3.72. The first-order valence-electron chi connectivity index (χ1n) is 5.34. The smallest absolute Gasteiger partial charge is 0.421 e. The van der Waals surface area contributed by atoms with Crippen molar-refractivity contribution in [3.05, 3.63) is 18.2 Å². The van der Waals surface area contributed by atoms with Crippen LogP contribution in [0.3, 0.4) is 0 Å². The molecule has 1 aromatic rings. The summed E-state index contributed by atoms with van der Waals surface area (Å²) in [7, 11) is -3.63. The summed E-state index contributed by atoms with van der Waals surface area (Å²) in [5, 5.41) is 0. The number of halogens is 4. The van der Waals surface area contributed by atoms with E-state index in [1.807, 2.05) is 0 Å². The summed E-state index contributed by atoms with van der Waals surface area (Å²) in [5.41, 5.74) is -0.102. The molecule has 0 spiro atoms. The summed E-state index contributed by atoms with van der Waals surface area (Å²) < 4.78 is 84.1. The maximum absolute atomic E-state index is 13.0. The normalized spacial score (nSPS) is 19.4. The van der Waals surface area contributed by atoms with Crippen LogP contribution in [0.5, 0.6) is 11.5 Å². The largest absolute Gasteiger partial charge is 0.507 e. The summed E-state index contributed by atoms with van der Waals surface area (Å²) in [6.07, 6.45) is -9.65. The van der Waals surface area contributed by atoms with Crippen LogP contribution < -0.4 is 14.2 Å². The van der Waals surface area contributed by atoms with Crippen molar-refractivity contribution in [3.8, 4) is 11.5 Å². The van der Waals surface area contributed by atoms with Crippen LogP contribution in [0.25, 0.3) is 0 Å². The highest BCUT2D eigenvalue weighted by atomic mass is 32.2. The Hall–Kier alpha value is -1.71. The molecule has 10 heteroatoms. The van der Waals surface area contributed by atoms with Crippen molar-refractivity contribution in [2.45, 2.75) is 19.1 Å². The third kappa shape index (κ3) is 2.60. The molecule has 0 fully saturated rings. The van der Waals surface area contributed by atoms with E-state index in [4.69, 9.17) is 0 Å². The van der Waals surface area contributed by atoms with Crippen LogP contribution in [-0.4, -0.2) is 26.4 Å². The minimum Gasteiger partial charge on any atom is -0.421 e. The number of benzene rings is 1. The molecule has 20 heavy (non-hydrogen) atoms. The van der Waals surface area contributed by atoms with Crippen molar-refractivity contribution in [2.75, 3.05) is 10.5 Å². The van der Waals surface area contributed by atoms with Crippen molar-refractivity contribution in [2.24, 2.45) is 0 Å². The van der Waals surface area contributed by atoms with Crippen molar-refractivity contribution in [1.82, 2.24) is 0 Å². The van der Waals surface area contributed by atoms with E-state index < -0.39 is 33.7 Å². The van der Waals surface area contributed by atoms with Gasteiger partial charge in [-0.1, -0.05) is 0 Å². The maximum Gasteiger partial charge on any atom is 0.507 e. The molecule has 0 aliphatic carbocycles. The third-order valence-electron chi connectivity index (χ3n) is 2.41. The first-order valence-corrected chi connectivity index (χ1v) is 7.00.